The molecule has 5 N–H and O–H groups in total. The van der Waals surface area contributed by atoms with Crippen molar-refractivity contribution in [3.8, 4) is 0 Å². The van der Waals surface area contributed by atoms with Gasteiger partial charge in [0.15, 0.2) is 0 Å². The van der Waals surface area contributed by atoms with Crippen LogP contribution in [0.2, 0.25) is 0 Å². The predicted octanol–water partition coefficient (Wildman–Crippen LogP) is -1.05. The van der Waals surface area contributed by atoms with E-state index in [2.05, 4.69) is 26.7 Å². The van der Waals surface area contributed by atoms with Crippen LogP contribution in [0.1, 0.15) is 41.5 Å². The van der Waals surface area contributed by atoms with Crippen LogP contribution < -0.4 is 26.7 Å². The standard InChI is InChI=1S/C39H66N10O13S4/c1-38(2,3)60-36(58)42-22-16-45(7)33(55)25(19-63-12)48(10)32(54)24-18-65-66-21-27(47(9)28(50)14-40-30(22)52)35(57)49(11)26(20-64-13)34(56)46(8)17-23(43-37(59)61-39(4,5)6)31(53)41-15-29(51)62-44-24/h22-27,44H,14-21H2,1-13H3,(H,40,52)(H,41,53)(H,42,58)(H,43,59)/t22-,23-,24?,25+,26+,27?/m1/s1. The lowest BCUT2D eigenvalue weighted by molar-refractivity contribution is -0.157. The first kappa shape index (κ1) is 57.8. The number of hydrogen-bond acceptors (Lipinski definition) is 18. The van der Waals surface area contributed by atoms with Crippen molar-refractivity contribution in [1.82, 2.24) is 51.2 Å². The molecule has 2 aliphatic rings. The number of hydroxylamine groups is 1. The van der Waals surface area contributed by atoms with Crippen LogP contribution in [0.4, 0.5) is 9.59 Å². The van der Waals surface area contributed by atoms with Gasteiger partial charge in [0.1, 0.15) is 54.0 Å². The van der Waals surface area contributed by atoms with Crippen LogP contribution in [0.25, 0.3) is 0 Å². The third-order valence-corrected chi connectivity index (χ3v) is 13.4. The van der Waals surface area contributed by atoms with Gasteiger partial charge in [-0.05, 0) is 54.1 Å². The van der Waals surface area contributed by atoms with Crippen molar-refractivity contribution in [1.29, 1.82) is 0 Å². The first-order chi connectivity index (χ1) is 30.6. The van der Waals surface area contributed by atoms with Gasteiger partial charge < -0.3 is 60.1 Å². The van der Waals surface area contributed by atoms with Crippen molar-refractivity contribution in [2.75, 3.05) is 96.9 Å². The van der Waals surface area contributed by atoms with E-state index in [-0.39, 0.29) is 23.0 Å². The number of rotatable bonds is 6. The zero-order valence-corrected chi connectivity index (χ0v) is 43.1. The van der Waals surface area contributed by atoms with Crippen LogP contribution >= 0.6 is 45.1 Å². The second kappa shape index (κ2) is 26.3. The topological polar surface area (TPSA) is 275 Å². The van der Waals surface area contributed by atoms with Gasteiger partial charge in [0.2, 0.25) is 41.4 Å². The Bertz CT molecular complexity index is 1790. The molecule has 2 saturated heterocycles. The summed E-state index contributed by atoms with van der Waals surface area (Å²) in [6.07, 6.45) is 1.44. The van der Waals surface area contributed by atoms with Crippen LogP contribution in [0.5, 0.6) is 0 Å². The number of hydrogen-bond donors (Lipinski definition) is 5. The second-order valence-corrected chi connectivity index (χ2v) is 21.7. The van der Waals surface area contributed by atoms with E-state index >= 15 is 0 Å². The van der Waals surface area contributed by atoms with Gasteiger partial charge in [-0.25, -0.2) is 14.4 Å². The number of nitrogens with zero attached hydrogens (tertiary/aromatic N) is 5. The molecule has 2 aliphatic heterocycles. The largest absolute Gasteiger partial charge is 0.444 e. The predicted molar refractivity (Wildman–Crippen MR) is 252 cm³/mol. The number of amides is 9. The highest BCUT2D eigenvalue weighted by molar-refractivity contribution is 8.76. The average Bonchev–Trinajstić information content (AvgIpc) is 3.22. The fraction of sp³-hybridized carbons (Fsp3) is 0.744. The molecule has 2 rings (SSSR count). The van der Waals surface area contributed by atoms with Crippen LogP contribution in [-0.2, 0) is 52.7 Å². The van der Waals surface area contributed by atoms with E-state index in [4.69, 9.17) is 14.3 Å². The lowest BCUT2D eigenvalue weighted by Crippen LogP contribution is -2.60. The summed E-state index contributed by atoms with van der Waals surface area (Å²) in [5.41, 5.74) is 0.521. The molecule has 27 heteroatoms. The number of alkyl carbamates (subject to hydrolysis) is 2. The van der Waals surface area contributed by atoms with Crippen molar-refractivity contribution in [2.45, 2.75) is 89.0 Å². The highest BCUT2D eigenvalue weighted by Crippen LogP contribution is 2.27. The molecule has 0 aliphatic carbocycles. The zero-order chi connectivity index (χ0) is 50.3. The number of likely N-dealkylation sites (N-methyl/N-ethyl adjacent to an activating group) is 5. The maximum atomic E-state index is 14.6. The summed E-state index contributed by atoms with van der Waals surface area (Å²) in [6, 6.07) is -7.88. The quantitative estimate of drug-likeness (QED) is 0.157. The minimum Gasteiger partial charge on any atom is -0.444 e. The normalized spacial score (nSPS) is 25.0. The smallest absolute Gasteiger partial charge is 0.408 e. The van der Waals surface area contributed by atoms with E-state index in [9.17, 15) is 47.9 Å². The number of fused-ring (bicyclic) bond motifs is 5. The SMILES string of the molecule is CSC[C@H]1C(=O)N(C)C[C@@H](NC(=O)OC(C)(C)C)C(=O)NCC(=O)N(C)C2CSSCC(NOC(=O)CNC(=O)[C@H](NC(=O)OC(C)(C)C)CN(C)C(=O)[C@H](CSC)N(C)C2=O)C(=O)N1C. The van der Waals surface area contributed by atoms with Crippen molar-refractivity contribution in [3.05, 3.63) is 0 Å². The molecule has 0 aromatic carbocycles. The second-order valence-electron chi connectivity index (χ2n) is 17.3. The molecular formula is C39H66N10O13S4. The molecule has 0 aromatic heterocycles. The fourth-order valence-electron chi connectivity index (χ4n) is 6.10. The van der Waals surface area contributed by atoms with Gasteiger partial charge in [-0.1, -0.05) is 21.6 Å². The minimum absolute atomic E-state index is 0.0689. The lowest BCUT2D eigenvalue weighted by Gasteiger charge is -2.36. The van der Waals surface area contributed by atoms with Crippen molar-refractivity contribution in [2.24, 2.45) is 0 Å². The zero-order valence-electron chi connectivity index (χ0n) is 39.8. The van der Waals surface area contributed by atoms with E-state index < -0.39 is 133 Å². The Kier molecular flexibility index (Phi) is 23.0. The molecule has 2 heterocycles. The van der Waals surface area contributed by atoms with Gasteiger partial charge in [-0.3, -0.25) is 33.6 Å². The van der Waals surface area contributed by atoms with Crippen molar-refractivity contribution >= 4 is 105 Å². The van der Waals surface area contributed by atoms with Crippen LogP contribution in [0.3, 0.4) is 0 Å². The van der Waals surface area contributed by atoms with Crippen molar-refractivity contribution in [3.63, 3.8) is 0 Å². The summed E-state index contributed by atoms with van der Waals surface area (Å²) in [5.74, 6) is -6.31. The molecule has 0 aromatic rings. The highest BCUT2D eigenvalue weighted by atomic mass is 33.1. The van der Waals surface area contributed by atoms with Gasteiger partial charge >= 0.3 is 18.2 Å². The van der Waals surface area contributed by atoms with Gasteiger partial charge in [-0.2, -0.15) is 23.5 Å². The third kappa shape index (κ3) is 18.4. The molecular weight excluding hydrogens is 945 g/mol. The Morgan fingerprint density at radius 1 is 0.652 bits per heavy atom. The maximum Gasteiger partial charge on any atom is 0.408 e. The van der Waals surface area contributed by atoms with Crippen LogP contribution in [0, 0.1) is 0 Å². The van der Waals surface area contributed by atoms with Gasteiger partial charge in [0, 0.05) is 71.3 Å². The number of thioether (sulfide) groups is 2. The molecule has 2 unspecified atom stereocenters. The maximum absolute atomic E-state index is 14.6. The van der Waals surface area contributed by atoms with Crippen LogP contribution in [-0.4, -0.2) is 228 Å². The fourth-order valence-corrected chi connectivity index (χ4v) is 9.87. The first-order valence-corrected chi connectivity index (χ1v) is 25.9. The third-order valence-electron chi connectivity index (χ3n) is 9.65. The molecule has 23 nitrogen and oxygen atoms in total. The van der Waals surface area contributed by atoms with E-state index in [0.717, 1.165) is 41.2 Å². The van der Waals surface area contributed by atoms with Gasteiger partial charge in [0.05, 0.1) is 6.54 Å². The lowest BCUT2D eigenvalue weighted by atomic mass is 10.1. The van der Waals surface area contributed by atoms with E-state index in [1.807, 2.05) is 0 Å². The van der Waals surface area contributed by atoms with Crippen molar-refractivity contribution < 1.29 is 62.3 Å². The molecule has 2 bridgehead atoms. The summed E-state index contributed by atoms with van der Waals surface area (Å²) >= 11 is 2.49. The van der Waals surface area contributed by atoms with E-state index in [1.165, 1.54) is 63.7 Å². The summed E-state index contributed by atoms with van der Waals surface area (Å²) in [7, 11) is 8.98. The molecule has 0 saturated carbocycles. The summed E-state index contributed by atoms with van der Waals surface area (Å²) < 4.78 is 10.7. The Labute approximate surface area is 402 Å². The van der Waals surface area contributed by atoms with E-state index in [0.29, 0.717) is 0 Å². The Morgan fingerprint density at radius 2 is 1.08 bits per heavy atom. The molecule has 2 fully saturated rings. The summed E-state index contributed by atoms with van der Waals surface area (Å²) in [6.45, 7) is 7.37. The molecule has 9 amide bonds. The average molecular weight is 1010 g/mol. The molecule has 374 valence electrons. The van der Waals surface area contributed by atoms with Crippen LogP contribution in [0.15, 0.2) is 0 Å². The number of nitrogens with one attached hydrogen (secondary N) is 5. The molecule has 0 spiro atoms. The minimum atomic E-state index is -1.49. The Hall–Kier alpha value is -4.34. The highest BCUT2D eigenvalue weighted by Gasteiger charge is 2.40. The molecule has 66 heavy (non-hydrogen) atoms. The molecule has 0 radical (unpaired) electrons. The Balaban J connectivity index is 2.78. The van der Waals surface area contributed by atoms with Gasteiger partial charge in [0.25, 0.3) is 0 Å². The van der Waals surface area contributed by atoms with E-state index in [1.54, 1.807) is 54.1 Å². The Morgan fingerprint density at radius 3 is 1.52 bits per heavy atom. The summed E-state index contributed by atoms with van der Waals surface area (Å²) in [5, 5.41) is 9.76. The number of carbonyl (C=O) groups is 10. The first-order valence-electron chi connectivity index (χ1n) is 20.6. The summed E-state index contributed by atoms with van der Waals surface area (Å²) in [4.78, 5) is 148. The number of ether oxygens (including phenoxy) is 2. The molecule has 6 atom stereocenters. The van der Waals surface area contributed by atoms with Gasteiger partial charge in [-0.15, -0.1) is 5.48 Å². The monoisotopic (exact) mass is 1010 g/mol. The number of carbonyl (C=O) groups excluding carboxylic acids is 10.